The van der Waals surface area contributed by atoms with Gasteiger partial charge in [-0.1, -0.05) is 0 Å². The predicted octanol–water partition coefficient (Wildman–Crippen LogP) is 1.54. The SMILES string of the molecule is CCN(CC)c1cc(C)nc(C(=N)NO)c1. The summed E-state index contributed by atoms with van der Waals surface area (Å²) >= 11 is 0. The summed E-state index contributed by atoms with van der Waals surface area (Å²) in [4.78, 5) is 6.35. The number of hydrogen-bond acceptors (Lipinski definition) is 4. The second-order valence-corrected chi connectivity index (χ2v) is 3.51. The lowest BCUT2D eigenvalue weighted by Crippen LogP contribution is -2.24. The molecule has 0 spiro atoms. The third-order valence-electron chi connectivity index (χ3n) is 2.43. The molecular formula is C11H18N4O. The van der Waals surface area contributed by atoms with E-state index < -0.39 is 0 Å². The molecule has 0 aromatic carbocycles. The van der Waals surface area contributed by atoms with Crippen LogP contribution in [0.15, 0.2) is 12.1 Å². The van der Waals surface area contributed by atoms with Gasteiger partial charge in [0.25, 0.3) is 0 Å². The summed E-state index contributed by atoms with van der Waals surface area (Å²) in [5.74, 6) is -0.0860. The Kier molecular flexibility index (Phi) is 4.25. The van der Waals surface area contributed by atoms with Crippen molar-refractivity contribution in [1.82, 2.24) is 10.5 Å². The van der Waals surface area contributed by atoms with E-state index in [4.69, 9.17) is 10.6 Å². The number of nitrogens with zero attached hydrogens (tertiary/aromatic N) is 2. The molecule has 0 fully saturated rings. The summed E-state index contributed by atoms with van der Waals surface area (Å²) in [5, 5.41) is 16.2. The molecule has 16 heavy (non-hydrogen) atoms. The Morgan fingerprint density at radius 1 is 1.44 bits per heavy atom. The van der Waals surface area contributed by atoms with E-state index in [0.717, 1.165) is 24.5 Å². The van der Waals surface area contributed by atoms with Gasteiger partial charge < -0.3 is 4.90 Å². The maximum Gasteiger partial charge on any atom is 0.168 e. The number of amidine groups is 1. The van der Waals surface area contributed by atoms with Crippen molar-refractivity contribution in [2.75, 3.05) is 18.0 Å². The number of rotatable bonds is 4. The third-order valence-corrected chi connectivity index (χ3v) is 2.43. The fourth-order valence-corrected chi connectivity index (χ4v) is 1.61. The van der Waals surface area contributed by atoms with Gasteiger partial charge in [-0.25, -0.2) is 4.98 Å². The first-order valence-electron chi connectivity index (χ1n) is 5.35. The molecule has 0 aliphatic heterocycles. The lowest BCUT2D eigenvalue weighted by molar-refractivity contribution is 0.234. The van der Waals surface area contributed by atoms with Crippen LogP contribution in [-0.4, -0.2) is 29.1 Å². The first-order valence-corrected chi connectivity index (χ1v) is 5.35. The van der Waals surface area contributed by atoms with Crippen molar-refractivity contribution in [3.05, 3.63) is 23.5 Å². The quantitative estimate of drug-likeness (QED) is 0.410. The Morgan fingerprint density at radius 3 is 2.56 bits per heavy atom. The zero-order valence-corrected chi connectivity index (χ0v) is 9.91. The van der Waals surface area contributed by atoms with Crippen molar-refractivity contribution in [2.24, 2.45) is 0 Å². The Labute approximate surface area is 95.6 Å². The minimum absolute atomic E-state index is 0.0860. The van der Waals surface area contributed by atoms with E-state index in [9.17, 15) is 0 Å². The van der Waals surface area contributed by atoms with Crippen molar-refractivity contribution in [3.8, 4) is 0 Å². The molecule has 0 atom stereocenters. The molecule has 0 bridgehead atoms. The first kappa shape index (κ1) is 12.4. The normalized spacial score (nSPS) is 10.0. The van der Waals surface area contributed by atoms with Gasteiger partial charge in [0.05, 0.1) is 0 Å². The van der Waals surface area contributed by atoms with Gasteiger partial charge in [-0.05, 0) is 32.9 Å². The minimum Gasteiger partial charge on any atom is -0.372 e. The maximum atomic E-state index is 8.69. The van der Waals surface area contributed by atoms with Gasteiger partial charge in [-0.3, -0.25) is 16.1 Å². The van der Waals surface area contributed by atoms with E-state index in [0.29, 0.717) is 5.69 Å². The molecule has 5 nitrogen and oxygen atoms in total. The first-order chi connectivity index (χ1) is 7.62. The van der Waals surface area contributed by atoms with Crippen LogP contribution < -0.4 is 10.4 Å². The predicted molar refractivity (Wildman–Crippen MR) is 64.3 cm³/mol. The smallest absolute Gasteiger partial charge is 0.168 e. The van der Waals surface area contributed by atoms with Gasteiger partial charge in [-0.2, -0.15) is 0 Å². The van der Waals surface area contributed by atoms with Crippen molar-refractivity contribution in [2.45, 2.75) is 20.8 Å². The van der Waals surface area contributed by atoms with Crippen LogP contribution in [0, 0.1) is 12.3 Å². The highest BCUT2D eigenvalue weighted by Crippen LogP contribution is 2.16. The summed E-state index contributed by atoms with van der Waals surface area (Å²) < 4.78 is 0. The molecule has 0 amide bonds. The van der Waals surface area contributed by atoms with E-state index in [1.807, 2.05) is 18.5 Å². The summed E-state index contributed by atoms with van der Waals surface area (Å²) in [6, 6.07) is 3.77. The van der Waals surface area contributed by atoms with Gasteiger partial charge in [0.1, 0.15) is 5.69 Å². The average molecular weight is 222 g/mol. The van der Waals surface area contributed by atoms with Crippen molar-refractivity contribution >= 4 is 11.5 Å². The summed E-state index contributed by atoms with van der Waals surface area (Å²) in [5.41, 5.74) is 4.12. The molecule has 0 radical (unpaired) electrons. The largest absolute Gasteiger partial charge is 0.372 e. The van der Waals surface area contributed by atoms with Crippen LogP contribution in [0.3, 0.4) is 0 Å². The van der Waals surface area contributed by atoms with E-state index in [2.05, 4.69) is 23.7 Å². The highest BCUT2D eigenvalue weighted by molar-refractivity contribution is 5.94. The van der Waals surface area contributed by atoms with Crippen LogP contribution in [0.4, 0.5) is 5.69 Å². The monoisotopic (exact) mass is 222 g/mol. The number of hydrogen-bond donors (Lipinski definition) is 3. The van der Waals surface area contributed by atoms with Gasteiger partial charge in [0, 0.05) is 24.5 Å². The molecule has 1 aromatic rings. The zero-order valence-electron chi connectivity index (χ0n) is 9.91. The summed E-state index contributed by atoms with van der Waals surface area (Å²) in [6.45, 7) is 7.84. The van der Waals surface area contributed by atoms with Crippen molar-refractivity contribution in [3.63, 3.8) is 0 Å². The van der Waals surface area contributed by atoms with Gasteiger partial charge in [0.2, 0.25) is 0 Å². The molecule has 0 aliphatic carbocycles. The number of aryl methyl sites for hydroxylation is 1. The zero-order chi connectivity index (χ0) is 12.1. The van der Waals surface area contributed by atoms with Gasteiger partial charge in [-0.15, -0.1) is 0 Å². The Hall–Kier alpha value is -1.62. The average Bonchev–Trinajstić information content (AvgIpc) is 2.29. The maximum absolute atomic E-state index is 8.69. The van der Waals surface area contributed by atoms with Crippen molar-refractivity contribution in [1.29, 1.82) is 5.41 Å². The lowest BCUT2D eigenvalue weighted by Gasteiger charge is -2.21. The minimum atomic E-state index is -0.0860. The number of nitrogens with one attached hydrogen (secondary N) is 2. The number of aromatic nitrogens is 1. The third kappa shape index (κ3) is 2.70. The summed E-state index contributed by atoms with van der Waals surface area (Å²) in [7, 11) is 0. The van der Waals surface area contributed by atoms with Gasteiger partial charge >= 0.3 is 0 Å². The van der Waals surface area contributed by atoms with E-state index >= 15 is 0 Å². The van der Waals surface area contributed by atoms with E-state index in [1.54, 1.807) is 6.07 Å². The van der Waals surface area contributed by atoms with Crippen LogP contribution in [0.25, 0.3) is 0 Å². The molecule has 1 rings (SSSR count). The Bertz CT molecular complexity index is 374. The Morgan fingerprint density at radius 2 is 2.06 bits per heavy atom. The molecule has 0 saturated heterocycles. The standard InChI is InChI=1S/C11H18N4O/c1-4-15(5-2)9-6-8(3)13-10(7-9)11(12)14-16/h6-7,16H,4-5H2,1-3H3,(H2,12,14). The number of anilines is 1. The number of hydroxylamine groups is 1. The van der Waals surface area contributed by atoms with Crippen LogP contribution in [0.1, 0.15) is 25.2 Å². The molecule has 5 heteroatoms. The van der Waals surface area contributed by atoms with Gasteiger partial charge in [0.15, 0.2) is 5.84 Å². The summed E-state index contributed by atoms with van der Waals surface area (Å²) in [6.07, 6.45) is 0. The fraction of sp³-hybridized carbons (Fsp3) is 0.455. The molecule has 0 saturated carbocycles. The fourth-order valence-electron chi connectivity index (χ4n) is 1.61. The molecule has 0 unspecified atom stereocenters. The van der Waals surface area contributed by atoms with Crippen LogP contribution in [0.5, 0.6) is 0 Å². The van der Waals surface area contributed by atoms with Crippen LogP contribution in [-0.2, 0) is 0 Å². The van der Waals surface area contributed by atoms with E-state index in [-0.39, 0.29) is 5.84 Å². The molecule has 88 valence electrons. The molecule has 0 aliphatic rings. The second kappa shape index (κ2) is 5.46. The topological polar surface area (TPSA) is 72.2 Å². The molecule has 1 aromatic heterocycles. The second-order valence-electron chi connectivity index (χ2n) is 3.51. The number of pyridine rings is 1. The highest BCUT2D eigenvalue weighted by Gasteiger charge is 2.08. The highest BCUT2D eigenvalue weighted by atomic mass is 16.5. The van der Waals surface area contributed by atoms with Crippen LogP contribution in [0.2, 0.25) is 0 Å². The molecule has 3 N–H and O–H groups in total. The Balaban J connectivity index is 3.11. The molecule has 1 heterocycles. The molecular weight excluding hydrogens is 204 g/mol. The van der Waals surface area contributed by atoms with Crippen LogP contribution >= 0.6 is 0 Å². The van der Waals surface area contributed by atoms with Crippen molar-refractivity contribution < 1.29 is 5.21 Å². The van der Waals surface area contributed by atoms with E-state index in [1.165, 1.54) is 0 Å². The lowest BCUT2D eigenvalue weighted by atomic mass is 10.2.